The van der Waals surface area contributed by atoms with Crippen LogP contribution in [0.3, 0.4) is 0 Å². The third-order valence-electron chi connectivity index (χ3n) is 3.98. The molecule has 1 aromatic rings. The number of likely N-dealkylation sites (N-methyl/N-ethyl adjacent to an activating group) is 1. The van der Waals surface area contributed by atoms with Crippen molar-refractivity contribution in [3.63, 3.8) is 0 Å². The highest BCUT2D eigenvalue weighted by Gasteiger charge is 2.17. The Hall–Kier alpha value is -1.34. The Morgan fingerprint density at radius 3 is 2.82 bits per heavy atom. The van der Waals surface area contributed by atoms with Crippen molar-refractivity contribution in [3.8, 4) is 11.5 Å². The number of hydrogen-bond acceptors (Lipinski definition) is 6. The number of β-amino-alcohol motifs (C(OH)–C–C–N with tert-alkyl or cyclic N) is 1. The first kappa shape index (κ1) is 15.6. The monoisotopic (exact) mass is 308 g/mol. The third-order valence-corrected chi connectivity index (χ3v) is 3.98. The smallest absolute Gasteiger partial charge is 0.231 e. The lowest BCUT2D eigenvalue weighted by atomic mass is 10.2. The second-order valence-corrected chi connectivity index (χ2v) is 5.95. The molecule has 0 saturated carbocycles. The second kappa shape index (κ2) is 7.28. The van der Waals surface area contributed by atoms with Gasteiger partial charge in [0.15, 0.2) is 11.5 Å². The highest BCUT2D eigenvalue weighted by Crippen LogP contribution is 2.32. The number of nitrogens with zero attached hydrogens (tertiary/aromatic N) is 2. The Kier molecular flexibility index (Phi) is 5.15. The minimum absolute atomic E-state index is 0.299. The molecule has 6 nitrogen and oxygen atoms in total. The Morgan fingerprint density at radius 2 is 2.00 bits per heavy atom. The number of hydrogen-bond donors (Lipinski definition) is 1. The van der Waals surface area contributed by atoms with Crippen LogP contribution in [-0.4, -0.2) is 74.2 Å². The van der Waals surface area contributed by atoms with Crippen molar-refractivity contribution in [1.82, 2.24) is 9.80 Å². The summed E-state index contributed by atoms with van der Waals surface area (Å²) in [5.41, 5.74) is 1.16. The first-order valence-electron chi connectivity index (χ1n) is 7.76. The average Bonchev–Trinajstić information content (AvgIpc) is 2.95. The zero-order valence-electron chi connectivity index (χ0n) is 13.0. The maximum absolute atomic E-state index is 10.2. The van der Waals surface area contributed by atoms with Crippen molar-refractivity contribution in [2.24, 2.45) is 0 Å². The number of morpholine rings is 1. The SMILES string of the molecule is CN(Cc1ccc2c(c1)OCO2)C[C@H](O)CN1CCOCC1. The summed E-state index contributed by atoms with van der Waals surface area (Å²) < 4.78 is 16.0. The molecule has 1 N–H and O–H groups in total. The van der Waals surface area contributed by atoms with Crippen LogP contribution in [0.15, 0.2) is 18.2 Å². The van der Waals surface area contributed by atoms with Crippen LogP contribution in [0.25, 0.3) is 0 Å². The number of aliphatic hydroxyl groups excluding tert-OH is 1. The van der Waals surface area contributed by atoms with Crippen LogP contribution in [0.2, 0.25) is 0 Å². The van der Waals surface area contributed by atoms with Crippen molar-refractivity contribution >= 4 is 0 Å². The van der Waals surface area contributed by atoms with E-state index in [4.69, 9.17) is 14.2 Å². The zero-order valence-corrected chi connectivity index (χ0v) is 13.0. The molecule has 2 aliphatic heterocycles. The Balaban J connectivity index is 1.46. The molecule has 1 saturated heterocycles. The molecule has 1 aromatic carbocycles. The first-order chi connectivity index (χ1) is 10.7. The quantitative estimate of drug-likeness (QED) is 0.828. The first-order valence-corrected chi connectivity index (χ1v) is 7.76. The lowest BCUT2D eigenvalue weighted by Gasteiger charge is -2.30. The van der Waals surface area contributed by atoms with Gasteiger partial charge in [-0.25, -0.2) is 0 Å². The van der Waals surface area contributed by atoms with E-state index in [0.717, 1.165) is 49.9 Å². The second-order valence-electron chi connectivity index (χ2n) is 5.95. The fraction of sp³-hybridized carbons (Fsp3) is 0.625. The van der Waals surface area contributed by atoms with Crippen LogP contribution >= 0.6 is 0 Å². The van der Waals surface area contributed by atoms with Gasteiger partial charge in [0.1, 0.15) is 0 Å². The van der Waals surface area contributed by atoms with Gasteiger partial charge in [-0.2, -0.15) is 0 Å². The zero-order chi connectivity index (χ0) is 15.4. The standard InChI is InChI=1S/C16H24N2O4/c1-17(10-14(19)11-18-4-6-20-7-5-18)9-13-2-3-15-16(8-13)22-12-21-15/h2-3,8,14,19H,4-7,9-12H2,1H3/t14-/m0/s1. The highest BCUT2D eigenvalue weighted by molar-refractivity contribution is 5.44. The van der Waals surface area contributed by atoms with E-state index >= 15 is 0 Å². The Morgan fingerprint density at radius 1 is 1.23 bits per heavy atom. The molecule has 0 spiro atoms. The van der Waals surface area contributed by atoms with E-state index in [2.05, 4.69) is 9.80 Å². The predicted octanol–water partition coefficient (Wildman–Crippen LogP) is 0.540. The van der Waals surface area contributed by atoms with Crippen molar-refractivity contribution in [3.05, 3.63) is 23.8 Å². The average molecular weight is 308 g/mol. The van der Waals surface area contributed by atoms with E-state index < -0.39 is 0 Å². The minimum Gasteiger partial charge on any atom is -0.454 e. The summed E-state index contributed by atoms with van der Waals surface area (Å²) in [6.07, 6.45) is -0.350. The van der Waals surface area contributed by atoms with E-state index in [1.54, 1.807) is 0 Å². The Labute approximate surface area is 131 Å². The van der Waals surface area contributed by atoms with Crippen molar-refractivity contribution < 1.29 is 19.3 Å². The number of ether oxygens (including phenoxy) is 3. The van der Waals surface area contributed by atoms with E-state index in [9.17, 15) is 5.11 Å². The van der Waals surface area contributed by atoms with Gasteiger partial charge in [0.05, 0.1) is 19.3 Å². The van der Waals surface area contributed by atoms with Gasteiger partial charge in [-0.15, -0.1) is 0 Å². The summed E-state index contributed by atoms with van der Waals surface area (Å²) in [5, 5.41) is 10.2. The molecular weight excluding hydrogens is 284 g/mol. The Bertz CT molecular complexity index is 491. The van der Waals surface area contributed by atoms with Crippen LogP contribution < -0.4 is 9.47 Å². The molecule has 1 atom stereocenters. The molecule has 22 heavy (non-hydrogen) atoms. The van der Waals surface area contributed by atoms with Crippen LogP contribution in [0, 0.1) is 0 Å². The van der Waals surface area contributed by atoms with Crippen LogP contribution in [0.1, 0.15) is 5.56 Å². The predicted molar refractivity (Wildman–Crippen MR) is 82.2 cm³/mol. The molecule has 122 valence electrons. The van der Waals surface area contributed by atoms with E-state index in [1.165, 1.54) is 0 Å². The van der Waals surface area contributed by atoms with Crippen molar-refractivity contribution in [2.45, 2.75) is 12.6 Å². The molecule has 0 aliphatic carbocycles. The lowest BCUT2D eigenvalue weighted by molar-refractivity contribution is 0.00825. The van der Waals surface area contributed by atoms with Crippen molar-refractivity contribution in [1.29, 1.82) is 0 Å². The van der Waals surface area contributed by atoms with Gasteiger partial charge in [-0.1, -0.05) is 6.07 Å². The summed E-state index contributed by atoms with van der Waals surface area (Å²) >= 11 is 0. The third kappa shape index (κ3) is 4.10. The molecule has 3 rings (SSSR count). The van der Waals surface area contributed by atoms with Crippen LogP contribution in [0.5, 0.6) is 11.5 Å². The van der Waals surface area contributed by atoms with Gasteiger partial charge >= 0.3 is 0 Å². The fourth-order valence-electron chi connectivity index (χ4n) is 2.91. The van der Waals surface area contributed by atoms with Crippen LogP contribution in [0.4, 0.5) is 0 Å². The topological polar surface area (TPSA) is 54.4 Å². The lowest BCUT2D eigenvalue weighted by Crippen LogP contribution is -2.43. The van der Waals surface area contributed by atoms with Gasteiger partial charge < -0.3 is 19.3 Å². The van der Waals surface area contributed by atoms with Gasteiger partial charge in [0, 0.05) is 32.7 Å². The molecule has 0 bridgehead atoms. The molecule has 2 heterocycles. The number of fused-ring (bicyclic) bond motifs is 1. The van der Waals surface area contributed by atoms with E-state index in [1.807, 2.05) is 25.2 Å². The largest absolute Gasteiger partial charge is 0.454 e. The maximum Gasteiger partial charge on any atom is 0.231 e. The normalized spacial score (nSPS) is 19.6. The molecule has 0 radical (unpaired) electrons. The summed E-state index contributed by atoms with van der Waals surface area (Å²) in [6, 6.07) is 5.99. The molecule has 6 heteroatoms. The van der Waals surface area contributed by atoms with Gasteiger partial charge in [0.2, 0.25) is 6.79 Å². The highest BCUT2D eigenvalue weighted by atomic mass is 16.7. The van der Waals surface area contributed by atoms with Crippen molar-refractivity contribution in [2.75, 3.05) is 53.2 Å². The summed E-state index contributed by atoms with van der Waals surface area (Å²) in [6.45, 7) is 5.76. The van der Waals surface area contributed by atoms with Gasteiger partial charge in [0.25, 0.3) is 0 Å². The van der Waals surface area contributed by atoms with E-state index in [-0.39, 0.29) is 6.10 Å². The number of aliphatic hydroxyl groups is 1. The fourth-order valence-corrected chi connectivity index (χ4v) is 2.91. The maximum atomic E-state index is 10.2. The van der Waals surface area contributed by atoms with E-state index in [0.29, 0.717) is 19.9 Å². The minimum atomic E-state index is -0.350. The molecule has 1 fully saturated rings. The number of benzene rings is 1. The molecular formula is C16H24N2O4. The molecule has 0 aromatic heterocycles. The van der Waals surface area contributed by atoms with Crippen LogP contribution in [-0.2, 0) is 11.3 Å². The molecule has 0 amide bonds. The summed E-state index contributed by atoms with van der Waals surface area (Å²) in [7, 11) is 2.02. The van der Waals surface area contributed by atoms with Gasteiger partial charge in [-0.05, 0) is 24.7 Å². The number of rotatable bonds is 6. The summed E-state index contributed by atoms with van der Waals surface area (Å²) in [4.78, 5) is 4.38. The van der Waals surface area contributed by atoms with Gasteiger partial charge in [-0.3, -0.25) is 9.80 Å². The molecule has 0 unspecified atom stereocenters. The summed E-state index contributed by atoms with van der Waals surface area (Å²) in [5.74, 6) is 1.61. The molecule has 2 aliphatic rings.